The predicted octanol–water partition coefficient (Wildman–Crippen LogP) is 3.80. The Bertz CT molecular complexity index is 334. The number of hydrogen-bond acceptors (Lipinski definition) is 1. The first-order valence-corrected chi connectivity index (χ1v) is 4.85. The van der Waals surface area contributed by atoms with Gasteiger partial charge in [-0.3, -0.25) is 4.79 Å². The van der Waals surface area contributed by atoms with Crippen LogP contribution in [0.1, 0.15) is 17.3 Å². The summed E-state index contributed by atoms with van der Waals surface area (Å²) in [5, 5.41) is 0.252. The number of ketones is 1. The van der Waals surface area contributed by atoms with E-state index in [-0.39, 0.29) is 5.78 Å². The summed E-state index contributed by atoms with van der Waals surface area (Å²) in [4.78, 5) is 11.4. The highest BCUT2D eigenvalue weighted by atomic mass is 35.5. The van der Waals surface area contributed by atoms with E-state index >= 15 is 0 Å². The Kier molecular flexibility index (Phi) is 3.60. The first-order valence-electron chi connectivity index (χ1n) is 3.65. The highest BCUT2D eigenvalue weighted by molar-refractivity contribution is 6.42. The normalized spacial score (nSPS) is 12.6. The number of carbonyl (C=O) groups is 1. The van der Waals surface area contributed by atoms with Gasteiger partial charge in [0.1, 0.15) is 0 Å². The lowest BCUT2D eigenvalue weighted by Crippen LogP contribution is -2.10. The zero-order chi connectivity index (χ0) is 10.0. The zero-order valence-electron chi connectivity index (χ0n) is 6.85. The van der Waals surface area contributed by atoms with Gasteiger partial charge in [0.2, 0.25) is 0 Å². The van der Waals surface area contributed by atoms with Crippen LogP contribution in [0.4, 0.5) is 0 Å². The molecule has 0 fully saturated rings. The molecule has 0 bridgehead atoms. The molecule has 70 valence electrons. The molecule has 1 aromatic rings. The summed E-state index contributed by atoms with van der Waals surface area (Å²) in [6, 6.07) is 4.71. The summed E-state index contributed by atoms with van der Waals surface area (Å²) in [7, 11) is 0. The van der Waals surface area contributed by atoms with Crippen LogP contribution in [0, 0.1) is 0 Å². The number of halogens is 3. The number of carbonyl (C=O) groups excluding carboxylic acids is 1. The molecule has 4 heteroatoms. The van der Waals surface area contributed by atoms with E-state index in [1.54, 1.807) is 19.1 Å². The molecule has 0 amide bonds. The number of benzene rings is 1. The van der Waals surface area contributed by atoms with Gasteiger partial charge < -0.3 is 0 Å². The van der Waals surface area contributed by atoms with Crippen molar-refractivity contribution < 1.29 is 4.79 Å². The minimum absolute atomic E-state index is 0.153. The molecule has 0 aliphatic heterocycles. The molecule has 0 saturated heterocycles. The van der Waals surface area contributed by atoms with Crippen molar-refractivity contribution in [3.63, 3.8) is 0 Å². The third-order valence-corrected chi connectivity index (χ3v) is 2.50. The Morgan fingerprint density at radius 3 is 2.38 bits per heavy atom. The Balaban J connectivity index is 3.04. The fourth-order valence-electron chi connectivity index (χ4n) is 0.879. The lowest BCUT2D eigenvalue weighted by atomic mass is 10.1. The van der Waals surface area contributed by atoms with Gasteiger partial charge in [-0.05, 0) is 25.1 Å². The number of rotatable bonds is 2. The van der Waals surface area contributed by atoms with Crippen molar-refractivity contribution in [2.75, 3.05) is 0 Å². The van der Waals surface area contributed by atoms with Crippen molar-refractivity contribution in [2.24, 2.45) is 0 Å². The highest BCUT2D eigenvalue weighted by Gasteiger charge is 2.12. The van der Waals surface area contributed by atoms with Gasteiger partial charge in [0, 0.05) is 5.56 Å². The Hall–Kier alpha value is -0.240. The smallest absolute Gasteiger partial charge is 0.180 e. The van der Waals surface area contributed by atoms with Crippen molar-refractivity contribution in [3.05, 3.63) is 33.8 Å². The van der Waals surface area contributed by atoms with E-state index in [2.05, 4.69) is 0 Å². The quantitative estimate of drug-likeness (QED) is 0.565. The average molecular weight is 238 g/mol. The summed E-state index contributed by atoms with van der Waals surface area (Å²) < 4.78 is 0. The number of alkyl halides is 1. The molecule has 0 spiro atoms. The maximum atomic E-state index is 11.4. The van der Waals surface area contributed by atoms with Gasteiger partial charge in [0.25, 0.3) is 0 Å². The summed E-state index contributed by atoms with van der Waals surface area (Å²) in [5.41, 5.74) is 0.483. The molecule has 0 aromatic heterocycles. The zero-order valence-corrected chi connectivity index (χ0v) is 9.12. The van der Waals surface area contributed by atoms with Gasteiger partial charge in [0.15, 0.2) is 5.78 Å². The average Bonchev–Trinajstić information content (AvgIpc) is 2.08. The minimum atomic E-state index is -0.544. The molecule has 0 aliphatic carbocycles. The van der Waals surface area contributed by atoms with E-state index < -0.39 is 5.38 Å². The molecule has 0 saturated carbocycles. The maximum absolute atomic E-state index is 11.4. The van der Waals surface area contributed by atoms with Gasteiger partial charge in [-0.1, -0.05) is 23.2 Å². The molecule has 1 rings (SSSR count). The van der Waals surface area contributed by atoms with Crippen LogP contribution in [0.5, 0.6) is 0 Å². The Morgan fingerprint density at radius 1 is 1.31 bits per heavy atom. The van der Waals surface area contributed by atoms with Crippen LogP contribution >= 0.6 is 34.8 Å². The molecule has 13 heavy (non-hydrogen) atoms. The van der Waals surface area contributed by atoms with Gasteiger partial charge in [-0.2, -0.15) is 0 Å². The molecular formula is C9H7Cl3O. The lowest BCUT2D eigenvalue weighted by molar-refractivity contribution is 0.0992. The van der Waals surface area contributed by atoms with E-state index in [1.807, 2.05) is 0 Å². The van der Waals surface area contributed by atoms with Gasteiger partial charge in [0.05, 0.1) is 15.4 Å². The molecular weight excluding hydrogens is 230 g/mol. The summed E-state index contributed by atoms with van der Waals surface area (Å²) in [5.74, 6) is -0.153. The summed E-state index contributed by atoms with van der Waals surface area (Å²) in [6.07, 6.45) is 0. The van der Waals surface area contributed by atoms with E-state index in [9.17, 15) is 4.79 Å². The first kappa shape index (κ1) is 10.8. The first-order chi connectivity index (χ1) is 6.02. The molecule has 1 nitrogen and oxygen atoms in total. The Labute approximate surface area is 91.6 Å². The van der Waals surface area contributed by atoms with Crippen LogP contribution in [0.3, 0.4) is 0 Å². The number of hydrogen-bond donors (Lipinski definition) is 0. The second-order valence-electron chi connectivity index (χ2n) is 2.61. The van der Waals surface area contributed by atoms with E-state index in [4.69, 9.17) is 34.8 Å². The van der Waals surface area contributed by atoms with Crippen LogP contribution in [-0.4, -0.2) is 11.2 Å². The third kappa shape index (κ3) is 2.60. The molecule has 0 radical (unpaired) electrons. The van der Waals surface area contributed by atoms with Crippen LogP contribution in [0.15, 0.2) is 18.2 Å². The van der Waals surface area contributed by atoms with Crippen LogP contribution in [-0.2, 0) is 0 Å². The predicted molar refractivity (Wildman–Crippen MR) is 56.1 cm³/mol. The van der Waals surface area contributed by atoms with Crippen LogP contribution in [0.25, 0.3) is 0 Å². The van der Waals surface area contributed by atoms with E-state index in [0.29, 0.717) is 15.6 Å². The largest absolute Gasteiger partial charge is 0.293 e. The second kappa shape index (κ2) is 4.32. The van der Waals surface area contributed by atoms with Gasteiger partial charge >= 0.3 is 0 Å². The van der Waals surface area contributed by atoms with E-state index in [0.717, 1.165) is 0 Å². The topological polar surface area (TPSA) is 17.1 Å². The van der Waals surface area contributed by atoms with Crippen molar-refractivity contribution in [1.29, 1.82) is 0 Å². The monoisotopic (exact) mass is 236 g/mol. The number of Topliss-reactive ketones (excluding diaryl/α,β-unsaturated/α-hetero) is 1. The molecule has 0 aliphatic rings. The molecule has 1 aromatic carbocycles. The second-order valence-corrected chi connectivity index (χ2v) is 4.08. The fourth-order valence-corrected chi connectivity index (χ4v) is 1.30. The SMILES string of the molecule is CC(Cl)C(=O)c1ccc(Cl)c(Cl)c1. The van der Waals surface area contributed by atoms with Gasteiger partial charge in [-0.25, -0.2) is 0 Å². The van der Waals surface area contributed by atoms with Crippen molar-refractivity contribution in [3.8, 4) is 0 Å². The third-order valence-electron chi connectivity index (χ3n) is 1.57. The fraction of sp³-hybridized carbons (Fsp3) is 0.222. The molecule has 0 heterocycles. The lowest BCUT2D eigenvalue weighted by Gasteiger charge is -2.03. The standard InChI is InChI=1S/C9H7Cl3O/c1-5(10)9(13)6-2-3-7(11)8(12)4-6/h2-5H,1H3. The van der Waals surface area contributed by atoms with Crippen molar-refractivity contribution in [2.45, 2.75) is 12.3 Å². The minimum Gasteiger partial charge on any atom is -0.293 e. The molecule has 1 atom stereocenters. The van der Waals surface area contributed by atoms with Crippen LogP contribution < -0.4 is 0 Å². The Morgan fingerprint density at radius 2 is 1.92 bits per heavy atom. The van der Waals surface area contributed by atoms with Crippen molar-refractivity contribution >= 4 is 40.6 Å². The molecule has 1 unspecified atom stereocenters. The molecule has 0 N–H and O–H groups in total. The van der Waals surface area contributed by atoms with Crippen LogP contribution in [0.2, 0.25) is 10.0 Å². The van der Waals surface area contributed by atoms with Crippen molar-refractivity contribution in [1.82, 2.24) is 0 Å². The van der Waals surface area contributed by atoms with Gasteiger partial charge in [-0.15, -0.1) is 11.6 Å². The maximum Gasteiger partial charge on any atom is 0.180 e. The summed E-state index contributed by atoms with van der Waals surface area (Å²) in [6.45, 7) is 1.62. The summed E-state index contributed by atoms with van der Waals surface area (Å²) >= 11 is 17.1. The van der Waals surface area contributed by atoms with E-state index in [1.165, 1.54) is 6.07 Å². The highest BCUT2D eigenvalue weighted by Crippen LogP contribution is 2.23.